The number of hydrogen-bond donors (Lipinski definition) is 0. The molecule has 1 aromatic carbocycles. The fourth-order valence-corrected chi connectivity index (χ4v) is 4.74. The molecule has 1 aromatic heterocycles. The largest absolute Gasteiger partial charge is 0.493 e. The van der Waals surface area contributed by atoms with Gasteiger partial charge in [-0.1, -0.05) is 23.7 Å². The van der Waals surface area contributed by atoms with Gasteiger partial charge in [-0.15, -0.1) is 0 Å². The Morgan fingerprint density at radius 2 is 1.90 bits per heavy atom. The third-order valence-electron chi connectivity index (χ3n) is 6.22. The van der Waals surface area contributed by atoms with Crippen LogP contribution in [0.4, 0.5) is 0 Å². The molecule has 2 fully saturated rings. The molecule has 0 spiro atoms. The van der Waals surface area contributed by atoms with E-state index in [0.29, 0.717) is 42.3 Å². The second-order valence-corrected chi connectivity index (χ2v) is 8.96. The standard InChI is InChI=1S/C25H28N2O3S/c1-29-22-8-7-18(17-23(22)30-21-5-3-4-6-21)25(14-10-20(28)11-15-25)13-9-19-12-16-26-24(27-19)31-2/h7-8,12,16-17,21H,3-6,10-11,14-15H2,1-2H3. The third kappa shape index (κ3) is 5.04. The number of ketones is 1. The molecular formula is C25H28N2O3S. The maximum atomic E-state index is 12.0. The van der Waals surface area contributed by atoms with E-state index in [4.69, 9.17) is 9.47 Å². The Labute approximate surface area is 188 Å². The molecule has 0 bridgehead atoms. The fourth-order valence-electron chi connectivity index (χ4n) is 4.39. The van der Waals surface area contributed by atoms with Gasteiger partial charge in [-0.3, -0.25) is 4.79 Å². The second kappa shape index (κ2) is 9.74. The molecule has 4 rings (SSSR count). The summed E-state index contributed by atoms with van der Waals surface area (Å²) in [6.07, 6.45) is 11.0. The van der Waals surface area contributed by atoms with E-state index in [1.165, 1.54) is 24.6 Å². The van der Waals surface area contributed by atoms with Crippen molar-refractivity contribution >= 4 is 17.5 Å². The molecule has 1 heterocycles. The molecule has 0 radical (unpaired) electrons. The van der Waals surface area contributed by atoms with Crippen molar-refractivity contribution in [2.24, 2.45) is 0 Å². The lowest BCUT2D eigenvalue weighted by atomic mass is 9.69. The van der Waals surface area contributed by atoms with Gasteiger partial charge in [0.15, 0.2) is 16.7 Å². The summed E-state index contributed by atoms with van der Waals surface area (Å²) in [7, 11) is 1.67. The first-order valence-electron chi connectivity index (χ1n) is 10.9. The van der Waals surface area contributed by atoms with E-state index >= 15 is 0 Å². The van der Waals surface area contributed by atoms with E-state index in [9.17, 15) is 4.79 Å². The Hall–Kier alpha value is -2.52. The van der Waals surface area contributed by atoms with Crippen LogP contribution in [0.3, 0.4) is 0 Å². The summed E-state index contributed by atoms with van der Waals surface area (Å²) >= 11 is 1.50. The molecule has 31 heavy (non-hydrogen) atoms. The van der Waals surface area contributed by atoms with Gasteiger partial charge in [0.1, 0.15) is 11.5 Å². The molecule has 5 nitrogen and oxygen atoms in total. The molecular weight excluding hydrogens is 408 g/mol. The number of Topliss-reactive ketones (excluding diaryl/α,β-unsaturated/α-hetero) is 1. The minimum Gasteiger partial charge on any atom is -0.493 e. The summed E-state index contributed by atoms with van der Waals surface area (Å²) in [5.41, 5.74) is 1.38. The van der Waals surface area contributed by atoms with Crippen LogP contribution in [0.25, 0.3) is 0 Å². The average molecular weight is 437 g/mol. The Kier molecular flexibility index (Phi) is 6.82. The highest BCUT2D eigenvalue weighted by molar-refractivity contribution is 7.98. The van der Waals surface area contributed by atoms with Crippen molar-refractivity contribution in [2.45, 2.75) is 68.0 Å². The van der Waals surface area contributed by atoms with Crippen LogP contribution in [0, 0.1) is 11.8 Å². The van der Waals surface area contributed by atoms with Crippen LogP contribution in [0.1, 0.15) is 62.6 Å². The van der Waals surface area contributed by atoms with Crippen LogP contribution in [-0.2, 0) is 10.2 Å². The molecule has 2 aliphatic carbocycles. The molecule has 0 unspecified atom stereocenters. The van der Waals surface area contributed by atoms with Crippen molar-refractivity contribution in [3.8, 4) is 23.3 Å². The number of hydrogen-bond acceptors (Lipinski definition) is 6. The number of aromatic nitrogens is 2. The number of rotatable bonds is 5. The zero-order valence-corrected chi connectivity index (χ0v) is 19.0. The van der Waals surface area contributed by atoms with E-state index in [1.54, 1.807) is 13.3 Å². The van der Waals surface area contributed by atoms with Gasteiger partial charge in [0.05, 0.1) is 18.6 Å². The van der Waals surface area contributed by atoms with E-state index in [2.05, 4.69) is 33.9 Å². The number of benzene rings is 1. The van der Waals surface area contributed by atoms with E-state index < -0.39 is 5.41 Å². The zero-order valence-electron chi connectivity index (χ0n) is 18.1. The van der Waals surface area contributed by atoms with Gasteiger partial charge in [-0.2, -0.15) is 0 Å². The summed E-state index contributed by atoms with van der Waals surface area (Å²) in [5, 5.41) is 0.705. The summed E-state index contributed by atoms with van der Waals surface area (Å²) in [6, 6.07) is 7.94. The van der Waals surface area contributed by atoms with Crippen LogP contribution >= 0.6 is 11.8 Å². The number of methoxy groups -OCH3 is 1. The number of thioether (sulfide) groups is 1. The Balaban J connectivity index is 1.70. The Bertz CT molecular complexity index is 995. The van der Waals surface area contributed by atoms with Gasteiger partial charge in [-0.05, 0) is 74.5 Å². The van der Waals surface area contributed by atoms with Crippen molar-refractivity contribution in [1.82, 2.24) is 9.97 Å². The smallest absolute Gasteiger partial charge is 0.188 e. The molecule has 2 aliphatic rings. The predicted octanol–water partition coefficient (Wildman–Crippen LogP) is 4.96. The lowest BCUT2D eigenvalue weighted by Gasteiger charge is -2.33. The van der Waals surface area contributed by atoms with Crippen LogP contribution in [0.15, 0.2) is 35.6 Å². The number of carbonyl (C=O) groups excluding carboxylic acids is 1. The second-order valence-electron chi connectivity index (χ2n) is 8.19. The van der Waals surface area contributed by atoms with Crippen LogP contribution in [-0.4, -0.2) is 35.2 Å². The number of carbonyl (C=O) groups is 1. The Morgan fingerprint density at radius 3 is 2.61 bits per heavy atom. The molecule has 0 atom stereocenters. The molecule has 162 valence electrons. The van der Waals surface area contributed by atoms with Crippen LogP contribution in [0.2, 0.25) is 0 Å². The lowest BCUT2D eigenvalue weighted by molar-refractivity contribution is -0.120. The summed E-state index contributed by atoms with van der Waals surface area (Å²) < 4.78 is 11.9. The topological polar surface area (TPSA) is 61.3 Å². The number of nitrogens with zero attached hydrogens (tertiary/aromatic N) is 2. The first kappa shape index (κ1) is 21.7. The highest BCUT2D eigenvalue weighted by atomic mass is 32.2. The van der Waals surface area contributed by atoms with E-state index in [-0.39, 0.29) is 6.10 Å². The maximum Gasteiger partial charge on any atom is 0.188 e. The number of ether oxygens (including phenoxy) is 2. The monoisotopic (exact) mass is 436 g/mol. The maximum absolute atomic E-state index is 12.0. The van der Waals surface area contributed by atoms with Crippen LogP contribution in [0.5, 0.6) is 11.5 Å². The minimum absolute atomic E-state index is 0.241. The SMILES string of the molecule is COc1ccc(C2(C#Cc3ccnc(SC)n3)CCC(=O)CC2)cc1OC1CCCC1. The van der Waals surface area contributed by atoms with Gasteiger partial charge >= 0.3 is 0 Å². The fraction of sp³-hybridized carbons (Fsp3) is 0.480. The Morgan fingerprint density at radius 1 is 1.13 bits per heavy atom. The molecule has 0 N–H and O–H groups in total. The van der Waals surface area contributed by atoms with E-state index in [0.717, 1.165) is 29.9 Å². The molecule has 6 heteroatoms. The highest BCUT2D eigenvalue weighted by Crippen LogP contribution is 2.42. The van der Waals surface area contributed by atoms with Crippen molar-refractivity contribution in [3.63, 3.8) is 0 Å². The minimum atomic E-state index is -0.404. The molecule has 0 amide bonds. The van der Waals surface area contributed by atoms with E-state index in [1.807, 2.05) is 18.4 Å². The zero-order chi connectivity index (χ0) is 21.7. The first-order valence-corrected chi connectivity index (χ1v) is 12.1. The van der Waals surface area contributed by atoms with Crippen molar-refractivity contribution in [1.29, 1.82) is 0 Å². The van der Waals surface area contributed by atoms with Crippen molar-refractivity contribution < 1.29 is 14.3 Å². The summed E-state index contributed by atoms with van der Waals surface area (Å²) in [6.45, 7) is 0. The van der Waals surface area contributed by atoms with Gasteiger partial charge < -0.3 is 9.47 Å². The van der Waals surface area contributed by atoms with Crippen molar-refractivity contribution in [3.05, 3.63) is 41.7 Å². The summed E-state index contributed by atoms with van der Waals surface area (Å²) in [5.74, 6) is 8.59. The predicted molar refractivity (Wildman–Crippen MR) is 122 cm³/mol. The molecule has 2 saturated carbocycles. The van der Waals surface area contributed by atoms with Crippen molar-refractivity contribution in [2.75, 3.05) is 13.4 Å². The quantitative estimate of drug-likeness (QED) is 0.375. The lowest BCUT2D eigenvalue weighted by Crippen LogP contribution is -2.30. The molecule has 0 saturated heterocycles. The highest BCUT2D eigenvalue weighted by Gasteiger charge is 2.36. The molecule has 0 aliphatic heterocycles. The van der Waals surface area contributed by atoms with Crippen LogP contribution < -0.4 is 9.47 Å². The first-order chi connectivity index (χ1) is 15.1. The van der Waals surface area contributed by atoms with Gasteiger partial charge in [0, 0.05) is 19.0 Å². The van der Waals surface area contributed by atoms with Gasteiger partial charge in [-0.25, -0.2) is 9.97 Å². The third-order valence-corrected chi connectivity index (χ3v) is 6.78. The molecule has 2 aromatic rings. The summed E-state index contributed by atoms with van der Waals surface area (Å²) in [4.78, 5) is 20.7. The van der Waals surface area contributed by atoms with Gasteiger partial charge in [0.25, 0.3) is 0 Å². The van der Waals surface area contributed by atoms with Gasteiger partial charge in [0.2, 0.25) is 0 Å². The normalized spacial score (nSPS) is 18.3. The average Bonchev–Trinajstić information content (AvgIpc) is 3.32.